The van der Waals surface area contributed by atoms with Crippen molar-refractivity contribution in [2.24, 2.45) is 0 Å². The first-order valence-corrected chi connectivity index (χ1v) is 5.87. The lowest BCUT2D eigenvalue weighted by atomic mass is 10.1. The molecule has 1 aliphatic rings. The van der Waals surface area contributed by atoms with E-state index in [9.17, 15) is 9.59 Å². The minimum atomic E-state index is -0.591. The van der Waals surface area contributed by atoms with Crippen molar-refractivity contribution in [1.82, 2.24) is 21.9 Å². The van der Waals surface area contributed by atoms with Crippen LogP contribution in [0.3, 0.4) is 0 Å². The summed E-state index contributed by atoms with van der Waals surface area (Å²) >= 11 is 0. The molecule has 92 valence electrons. The third-order valence-electron chi connectivity index (χ3n) is 2.54. The maximum absolute atomic E-state index is 11.3. The van der Waals surface area contributed by atoms with E-state index in [-0.39, 0.29) is 5.78 Å². The van der Waals surface area contributed by atoms with Gasteiger partial charge >= 0.3 is 5.91 Å². The van der Waals surface area contributed by atoms with E-state index >= 15 is 0 Å². The van der Waals surface area contributed by atoms with E-state index in [2.05, 4.69) is 21.9 Å². The van der Waals surface area contributed by atoms with Crippen LogP contribution >= 0.6 is 0 Å². The number of carbonyl (C=O) groups is 2. The summed E-state index contributed by atoms with van der Waals surface area (Å²) in [5.74, 6) is -0.960. The molecule has 1 rings (SSSR count). The van der Waals surface area contributed by atoms with E-state index in [1.165, 1.54) is 12.8 Å². The highest BCUT2D eigenvalue weighted by molar-refractivity contribution is 6.35. The second kappa shape index (κ2) is 8.20. The molecular weight excluding hydrogens is 208 g/mol. The Hall–Kier alpha value is -0.980. The van der Waals surface area contributed by atoms with E-state index in [0.717, 1.165) is 32.2 Å². The molecule has 1 fully saturated rings. The highest BCUT2D eigenvalue weighted by atomic mass is 16.2. The Labute approximate surface area is 95.5 Å². The lowest BCUT2D eigenvalue weighted by Crippen LogP contribution is -2.54. The molecular formula is C10H20N4O2. The standard InChI is InChI=1S/C10H20N4O2/c15-9-7-5-3-1-2-4-6-8-11-13-14-12-10(9)16/h11,13-14H,1-8H2,(H,12,16). The van der Waals surface area contributed by atoms with Gasteiger partial charge in [0.05, 0.1) is 0 Å². The monoisotopic (exact) mass is 228 g/mol. The van der Waals surface area contributed by atoms with Crippen molar-refractivity contribution in [3.8, 4) is 0 Å². The number of carbonyl (C=O) groups excluding carboxylic acids is 2. The van der Waals surface area contributed by atoms with Gasteiger partial charge in [-0.3, -0.25) is 15.0 Å². The van der Waals surface area contributed by atoms with Gasteiger partial charge in [0, 0.05) is 13.0 Å². The number of ketones is 1. The first-order chi connectivity index (χ1) is 7.80. The number of nitrogens with one attached hydrogen (secondary N) is 4. The zero-order valence-corrected chi connectivity index (χ0v) is 9.47. The molecule has 4 N–H and O–H groups in total. The summed E-state index contributed by atoms with van der Waals surface area (Å²) in [6, 6.07) is 0. The van der Waals surface area contributed by atoms with E-state index in [1.54, 1.807) is 0 Å². The van der Waals surface area contributed by atoms with Gasteiger partial charge in [-0.25, -0.2) is 5.43 Å². The van der Waals surface area contributed by atoms with Crippen LogP contribution in [0.5, 0.6) is 0 Å². The third kappa shape index (κ3) is 5.79. The van der Waals surface area contributed by atoms with Crippen LogP contribution in [0, 0.1) is 0 Å². The smallest absolute Gasteiger partial charge is 0.289 e. The summed E-state index contributed by atoms with van der Waals surface area (Å²) in [7, 11) is 0. The summed E-state index contributed by atoms with van der Waals surface area (Å²) in [6.07, 6.45) is 6.78. The quantitative estimate of drug-likeness (QED) is 0.436. The van der Waals surface area contributed by atoms with Gasteiger partial charge in [-0.05, 0) is 12.8 Å². The fourth-order valence-corrected chi connectivity index (χ4v) is 1.58. The van der Waals surface area contributed by atoms with Crippen molar-refractivity contribution in [3.05, 3.63) is 0 Å². The highest BCUT2D eigenvalue weighted by Gasteiger charge is 2.12. The molecule has 0 spiro atoms. The molecule has 1 heterocycles. The second-order valence-electron chi connectivity index (χ2n) is 3.93. The Morgan fingerprint density at radius 2 is 1.50 bits per heavy atom. The van der Waals surface area contributed by atoms with Crippen molar-refractivity contribution >= 4 is 11.7 Å². The highest BCUT2D eigenvalue weighted by Crippen LogP contribution is 2.07. The predicted molar refractivity (Wildman–Crippen MR) is 59.7 cm³/mol. The maximum atomic E-state index is 11.3. The molecule has 0 aromatic carbocycles. The molecule has 0 atom stereocenters. The van der Waals surface area contributed by atoms with Crippen LogP contribution < -0.4 is 21.9 Å². The predicted octanol–water partition coefficient (Wildman–Crippen LogP) is -0.0702. The molecule has 0 aliphatic carbocycles. The molecule has 0 aromatic heterocycles. The van der Waals surface area contributed by atoms with Gasteiger partial charge in [0.25, 0.3) is 0 Å². The van der Waals surface area contributed by atoms with E-state index in [4.69, 9.17) is 0 Å². The topological polar surface area (TPSA) is 82.3 Å². The van der Waals surface area contributed by atoms with Crippen molar-refractivity contribution in [3.63, 3.8) is 0 Å². The minimum absolute atomic E-state index is 0.334. The molecule has 0 radical (unpaired) electrons. The van der Waals surface area contributed by atoms with Crippen LogP contribution in [0.15, 0.2) is 0 Å². The summed E-state index contributed by atoms with van der Waals surface area (Å²) in [6.45, 7) is 0.830. The van der Waals surface area contributed by atoms with Crippen LogP contribution in [0.25, 0.3) is 0 Å². The van der Waals surface area contributed by atoms with Crippen LogP contribution in [0.4, 0.5) is 0 Å². The molecule has 0 unspecified atom stereocenters. The van der Waals surface area contributed by atoms with Crippen LogP contribution in [-0.4, -0.2) is 18.2 Å². The Morgan fingerprint density at radius 3 is 2.31 bits per heavy atom. The lowest BCUT2D eigenvalue weighted by Gasteiger charge is -2.10. The number of hydrazine groups is 3. The normalized spacial score (nSPS) is 22.2. The summed E-state index contributed by atoms with van der Waals surface area (Å²) in [5.41, 5.74) is 10.2. The number of rotatable bonds is 0. The zero-order valence-electron chi connectivity index (χ0n) is 9.47. The Balaban J connectivity index is 2.27. The van der Waals surface area contributed by atoms with Crippen molar-refractivity contribution in [2.75, 3.05) is 6.54 Å². The zero-order chi connectivity index (χ0) is 11.6. The lowest BCUT2D eigenvalue weighted by molar-refractivity contribution is -0.138. The fraction of sp³-hybridized carbons (Fsp3) is 0.800. The molecule has 1 saturated heterocycles. The number of hydrogen-bond donors (Lipinski definition) is 4. The first-order valence-electron chi connectivity index (χ1n) is 5.87. The van der Waals surface area contributed by atoms with Crippen molar-refractivity contribution in [2.45, 2.75) is 44.9 Å². The Morgan fingerprint density at radius 1 is 0.812 bits per heavy atom. The van der Waals surface area contributed by atoms with Crippen molar-refractivity contribution in [1.29, 1.82) is 0 Å². The molecule has 1 amide bonds. The first kappa shape index (κ1) is 13.1. The fourth-order valence-electron chi connectivity index (χ4n) is 1.58. The second-order valence-corrected chi connectivity index (χ2v) is 3.93. The number of Topliss-reactive ketones (excluding diaryl/α,β-unsaturated/α-hetero) is 1. The average Bonchev–Trinajstić information content (AvgIpc) is 2.29. The summed E-state index contributed by atoms with van der Waals surface area (Å²) in [4.78, 5) is 22.5. The van der Waals surface area contributed by atoms with Gasteiger partial charge in [-0.1, -0.05) is 25.7 Å². The number of amides is 1. The molecule has 16 heavy (non-hydrogen) atoms. The van der Waals surface area contributed by atoms with Crippen LogP contribution in [-0.2, 0) is 9.59 Å². The van der Waals surface area contributed by atoms with Gasteiger partial charge in [0.15, 0.2) is 0 Å². The summed E-state index contributed by atoms with van der Waals surface area (Å²) < 4.78 is 0. The SMILES string of the molecule is O=C1CCCCCCCCNNNNC1=O. The molecule has 0 bridgehead atoms. The molecule has 6 heteroatoms. The largest absolute Gasteiger partial charge is 0.302 e. The Kier molecular flexibility index (Phi) is 6.71. The van der Waals surface area contributed by atoms with Crippen LogP contribution in [0.2, 0.25) is 0 Å². The maximum Gasteiger partial charge on any atom is 0.302 e. The number of hydrogen-bond acceptors (Lipinski definition) is 5. The van der Waals surface area contributed by atoms with Gasteiger partial charge in [0.1, 0.15) is 0 Å². The van der Waals surface area contributed by atoms with Crippen molar-refractivity contribution < 1.29 is 9.59 Å². The average molecular weight is 228 g/mol. The minimum Gasteiger partial charge on any atom is -0.289 e. The third-order valence-corrected chi connectivity index (χ3v) is 2.54. The molecule has 0 aromatic rings. The Bertz CT molecular complexity index is 209. The molecule has 1 aliphatic heterocycles. The van der Waals surface area contributed by atoms with E-state index < -0.39 is 5.91 Å². The van der Waals surface area contributed by atoms with Gasteiger partial charge in [-0.2, -0.15) is 11.1 Å². The molecule has 0 saturated carbocycles. The van der Waals surface area contributed by atoms with E-state index in [0.29, 0.717) is 6.42 Å². The van der Waals surface area contributed by atoms with Gasteiger partial charge in [-0.15, -0.1) is 0 Å². The van der Waals surface area contributed by atoms with Crippen LogP contribution in [0.1, 0.15) is 44.9 Å². The molecule has 6 nitrogen and oxygen atoms in total. The van der Waals surface area contributed by atoms with Gasteiger partial charge in [0.2, 0.25) is 5.78 Å². The summed E-state index contributed by atoms with van der Waals surface area (Å²) in [5, 5.41) is 0. The van der Waals surface area contributed by atoms with Gasteiger partial charge < -0.3 is 0 Å². The van der Waals surface area contributed by atoms with E-state index in [1.807, 2.05) is 0 Å².